The van der Waals surface area contributed by atoms with E-state index in [0.717, 1.165) is 6.42 Å². The number of anilines is 1. The highest BCUT2D eigenvalue weighted by Crippen LogP contribution is 2.12. The molecule has 1 aromatic rings. The highest BCUT2D eigenvalue weighted by molar-refractivity contribution is 6.37. The summed E-state index contributed by atoms with van der Waals surface area (Å²) in [6, 6.07) is 5.61. The molecule has 0 atom stereocenters. The average molecular weight is 239 g/mol. The Labute approximate surface area is 98.8 Å². The van der Waals surface area contributed by atoms with Gasteiger partial charge in [0.2, 0.25) is 0 Å². The van der Waals surface area contributed by atoms with E-state index in [2.05, 4.69) is 10.1 Å². The molecule has 0 aliphatic heterocycles. The number of benzene rings is 1. The predicted octanol–water partition coefficient (Wildman–Crippen LogP) is 2.11. The lowest BCUT2D eigenvalue weighted by atomic mass is 10.3. The van der Waals surface area contributed by atoms with E-state index < -0.39 is 17.7 Å². The summed E-state index contributed by atoms with van der Waals surface area (Å²) in [5, 5.41) is 2.15. The average Bonchev–Trinajstić information content (AvgIpc) is 2.32. The highest BCUT2D eigenvalue weighted by atomic mass is 19.1. The van der Waals surface area contributed by atoms with Crippen LogP contribution in [0.2, 0.25) is 0 Å². The van der Waals surface area contributed by atoms with E-state index in [1.807, 2.05) is 6.92 Å². The van der Waals surface area contributed by atoms with Crippen LogP contribution in [0.1, 0.15) is 19.8 Å². The summed E-state index contributed by atoms with van der Waals surface area (Å²) in [6.07, 6.45) is 1.56. The van der Waals surface area contributed by atoms with Gasteiger partial charge in [0.25, 0.3) is 0 Å². The minimum absolute atomic E-state index is 0.0371. The first kappa shape index (κ1) is 13.2. The van der Waals surface area contributed by atoms with Crippen molar-refractivity contribution in [1.29, 1.82) is 0 Å². The molecule has 0 bridgehead atoms. The summed E-state index contributed by atoms with van der Waals surface area (Å²) in [6.45, 7) is 2.13. The maximum absolute atomic E-state index is 13.2. The summed E-state index contributed by atoms with van der Waals surface area (Å²) >= 11 is 0. The molecule has 0 aliphatic rings. The number of unbranched alkanes of at least 4 members (excludes halogenated alkanes) is 1. The predicted molar refractivity (Wildman–Crippen MR) is 60.9 cm³/mol. The molecule has 0 radical (unpaired) electrons. The van der Waals surface area contributed by atoms with Gasteiger partial charge in [-0.3, -0.25) is 4.79 Å². The molecule has 1 rings (SSSR count). The maximum atomic E-state index is 13.2. The topological polar surface area (TPSA) is 55.4 Å². The molecule has 0 heterocycles. The van der Waals surface area contributed by atoms with Crippen LogP contribution in [0.25, 0.3) is 0 Å². The number of para-hydroxylation sites is 1. The molecule has 1 amide bonds. The van der Waals surface area contributed by atoms with Crippen molar-refractivity contribution < 1.29 is 18.7 Å². The van der Waals surface area contributed by atoms with Crippen LogP contribution >= 0.6 is 0 Å². The van der Waals surface area contributed by atoms with Crippen molar-refractivity contribution in [3.8, 4) is 0 Å². The number of amides is 1. The monoisotopic (exact) mass is 239 g/mol. The van der Waals surface area contributed by atoms with Crippen molar-refractivity contribution in [1.82, 2.24) is 0 Å². The highest BCUT2D eigenvalue weighted by Gasteiger charge is 2.16. The normalized spacial score (nSPS) is 9.76. The fraction of sp³-hybridized carbons (Fsp3) is 0.333. The number of carbonyl (C=O) groups is 2. The molecule has 0 spiro atoms. The lowest BCUT2D eigenvalue weighted by Gasteiger charge is -2.06. The fourth-order valence-corrected chi connectivity index (χ4v) is 1.11. The van der Waals surface area contributed by atoms with Gasteiger partial charge in [-0.25, -0.2) is 9.18 Å². The van der Waals surface area contributed by atoms with Crippen molar-refractivity contribution in [2.45, 2.75) is 19.8 Å². The van der Waals surface area contributed by atoms with E-state index in [4.69, 9.17) is 0 Å². The second kappa shape index (κ2) is 6.62. The third kappa shape index (κ3) is 4.22. The smallest absolute Gasteiger partial charge is 0.397 e. The molecule has 1 N–H and O–H groups in total. The van der Waals surface area contributed by atoms with Gasteiger partial charge in [-0.1, -0.05) is 25.5 Å². The van der Waals surface area contributed by atoms with Crippen LogP contribution in [0, 0.1) is 5.82 Å². The van der Waals surface area contributed by atoms with Gasteiger partial charge in [0.15, 0.2) is 0 Å². The molecule has 0 saturated heterocycles. The summed E-state index contributed by atoms with van der Waals surface area (Å²) in [5.41, 5.74) is -0.0371. The number of nitrogens with one attached hydrogen (secondary N) is 1. The number of hydrogen-bond acceptors (Lipinski definition) is 3. The Balaban J connectivity index is 2.49. The molecule has 0 unspecified atom stereocenters. The lowest BCUT2D eigenvalue weighted by Crippen LogP contribution is -2.25. The Hall–Kier alpha value is -1.91. The number of esters is 1. The molecule has 1 aromatic carbocycles. The molecule has 92 valence electrons. The second-order valence-electron chi connectivity index (χ2n) is 3.42. The van der Waals surface area contributed by atoms with E-state index in [9.17, 15) is 14.0 Å². The van der Waals surface area contributed by atoms with E-state index >= 15 is 0 Å². The Kier molecular flexibility index (Phi) is 5.13. The van der Waals surface area contributed by atoms with Crippen molar-refractivity contribution in [3.63, 3.8) is 0 Å². The van der Waals surface area contributed by atoms with Crippen molar-refractivity contribution in [2.24, 2.45) is 0 Å². The minimum Gasteiger partial charge on any atom is -0.459 e. The van der Waals surface area contributed by atoms with Crippen LogP contribution < -0.4 is 5.32 Å². The quantitative estimate of drug-likeness (QED) is 0.497. The lowest BCUT2D eigenvalue weighted by molar-refractivity contribution is -0.152. The largest absolute Gasteiger partial charge is 0.459 e. The molecular weight excluding hydrogens is 225 g/mol. The molecule has 0 aliphatic carbocycles. The number of rotatable bonds is 4. The first-order valence-corrected chi connectivity index (χ1v) is 5.37. The van der Waals surface area contributed by atoms with Gasteiger partial charge in [-0.05, 0) is 18.6 Å². The van der Waals surface area contributed by atoms with E-state index in [1.54, 1.807) is 6.07 Å². The number of carbonyl (C=O) groups excluding carboxylic acids is 2. The van der Waals surface area contributed by atoms with Crippen LogP contribution in [-0.2, 0) is 14.3 Å². The van der Waals surface area contributed by atoms with Crippen molar-refractivity contribution in [2.75, 3.05) is 11.9 Å². The first-order valence-electron chi connectivity index (χ1n) is 5.37. The zero-order valence-electron chi connectivity index (χ0n) is 9.53. The fourth-order valence-electron chi connectivity index (χ4n) is 1.11. The second-order valence-corrected chi connectivity index (χ2v) is 3.42. The summed E-state index contributed by atoms with van der Waals surface area (Å²) < 4.78 is 17.8. The summed E-state index contributed by atoms with van der Waals surface area (Å²) in [7, 11) is 0. The van der Waals surface area contributed by atoms with E-state index in [0.29, 0.717) is 6.42 Å². The van der Waals surface area contributed by atoms with Crippen LogP contribution in [0.3, 0.4) is 0 Å². The Bertz CT molecular complexity index is 406. The molecule has 0 aromatic heterocycles. The van der Waals surface area contributed by atoms with Gasteiger partial charge in [-0.15, -0.1) is 0 Å². The third-order valence-corrected chi connectivity index (χ3v) is 2.04. The SMILES string of the molecule is CCCCOC(=O)C(=O)Nc1ccccc1F. The standard InChI is InChI=1S/C12H14FNO3/c1-2-3-8-17-12(16)11(15)14-10-7-5-4-6-9(10)13/h4-7H,2-3,8H2,1H3,(H,14,15). The van der Waals surface area contributed by atoms with Gasteiger partial charge >= 0.3 is 11.9 Å². The third-order valence-electron chi connectivity index (χ3n) is 2.04. The van der Waals surface area contributed by atoms with Gasteiger partial charge in [0.1, 0.15) is 5.82 Å². The maximum Gasteiger partial charge on any atom is 0.397 e. The molecule has 17 heavy (non-hydrogen) atoms. The van der Waals surface area contributed by atoms with Crippen LogP contribution in [0.5, 0.6) is 0 Å². The Morgan fingerprint density at radius 1 is 1.35 bits per heavy atom. The Morgan fingerprint density at radius 2 is 2.06 bits per heavy atom. The van der Waals surface area contributed by atoms with Gasteiger partial charge in [-0.2, -0.15) is 0 Å². The van der Waals surface area contributed by atoms with Crippen molar-refractivity contribution in [3.05, 3.63) is 30.1 Å². The zero-order valence-corrected chi connectivity index (χ0v) is 9.53. The Morgan fingerprint density at radius 3 is 2.71 bits per heavy atom. The number of halogens is 1. The van der Waals surface area contributed by atoms with E-state index in [1.165, 1.54) is 18.2 Å². The van der Waals surface area contributed by atoms with Gasteiger partial charge in [0, 0.05) is 0 Å². The summed E-state index contributed by atoms with van der Waals surface area (Å²) in [5.74, 6) is -2.56. The minimum atomic E-state index is -0.998. The molecule has 5 heteroatoms. The van der Waals surface area contributed by atoms with Crippen LogP contribution in [0.4, 0.5) is 10.1 Å². The number of hydrogen-bond donors (Lipinski definition) is 1. The molecular formula is C12H14FNO3. The van der Waals surface area contributed by atoms with E-state index in [-0.39, 0.29) is 12.3 Å². The van der Waals surface area contributed by atoms with Crippen LogP contribution in [-0.4, -0.2) is 18.5 Å². The summed E-state index contributed by atoms with van der Waals surface area (Å²) in [4.78, 5) is 22.5. The zero-order chi connectivity index (χ0) is 12.7. The van der Waals surface area contributed by atoms with Crippen molar-refractivity contribution >= 4 is 17.6 Å². The molecule has 4 nitrogen and oxygen atoms in total. The molecule has 0 fully saturated rings. The van der Waals surface area contributed by atoms with Gasteiger partial charge in [0.05, 0.1) is 12.3 Å². The number of ether oxygens (including phenoxy) is 1. The van der Waals surface area contributed by atoms with Gasteiger partial charge < -0.3 is 10.1 Å². The first-order chi connectivity index (χ1) is 8.15. The molecule has 0 saturated carbocycles. The van der Waals surface area contributed by atoms with Crippen LogP contribution in [0.15, 0.2) is 24.3 Å².